The maximum absolute atomic E-state index is 10.8. The Hall–Kier alpha value is -0.280. The second-order valence-corrected chi connectivity index (χ2v) is 5.27. The van der Waals surface area contributed by atoms with E-state index < -0.39 is 5.97 Å². The minimum absolute atomic E-state index is 0. The number of carboxylic acid groups (broad SMARTS) is 1. The van der Waals surface area contributed by atoms with Gasteiger partial charge in [-0.3, -0.25) is 4.79 Å². The van der Waals surface area contributed by atoms with Crippen LogP contribution in [-0.4, -0.2) is 17.6 Å². The molecule has 3 aliphatic carbocycles. The van der Waals surface area contributed by atoms with Gasteiger partial charge in [0.1, 0.15) is 0 Å². The van der Waals surface area contributed by atoms with Crippen LogP contribution in [0.2, 0.25) is 0 Å². The van der Waals surface area contributed by atoms with E-state index in [1.165, 1.54) is 0 Å². The summed E-state index contributed by atoms with van der Waals surface area (Å²) in [7, 11) is 0. The highest BCUT2D eigenvalue weighted by atomic mass is 35.5. The van der Waals surface area contributed by atoms with Gasteiger partial charge >= 0.3 is 5.97 Å². The van der Waals surface area contributed by atoms with E-state index in [0.717, 1.165) is 45.1 Å². The third kappa shape index (κ3) is 2.28. The highest BCUT2D eigenvalue weighted by Crippen LogP contribution is 2.57. The van der Waals surface area contributed by atoms with Crippen LogP contribution in [0.1, 0.15) is 44.9 Å². The number of fused-ring (bicyclic) bond motifs is 3. The predicted octanol–water partition coefficient (Wildman–Crippen LogP) is 2.18. The fraction of sp³-hybridized carbons (Fsp3) is 0.909. The molecular weight excluding hydrogens is 214 g/mol. The topological polar surface area (TPSA) is 63.3 Å². The molecule has 0 aromatic carbocycles. The first-order chi connectivity index (χ1) is 6.60. The lowest BCUT2D eigenvalue weighted by atomic mass is 9.53. The molecule has 0 spiro atoms. The summed E-state index contributed by atoms with van der Waals surface area (Å²) in [5.74, 6) is -0.632. The van der Waals surface area contributed by atoms with Crippen molar-refractivity contribution in [1.29, 1.82) is 0 Å². The first-order valence-electron chi connectivity index (χ1n) is 5.52. The number of hydrogen-bond acceptors (Lipinski definition) is 2. The molecule has 0 aliphatic heterocycles. The van der Waals surface area contributed by atoms with Crippen LogP contribution >= 0.6 is 12.4 Å². The lowest BCUT2D eigenvalue weighted by Gasteiger charge is -2.52. The number of rotatable bonds is 3. The van der Waals surface area contributed by atoms with Crippen LogP contribution in [0.3, 0.4) is 0 Å². The van der Waals surface area contributed by atoms with Gasteiger partial charge in [-0.1, -0.05) is 0 Å². The minimum Gasteiger partial charge on any atom is -0.481 e. The van der Waals surface area contributed by atoms with Gasteiger partial charge in [0.05, 0.1) is 6.42 Å². The van der Waals surface area contributed by atoms with Gasteiger partial charge in [0.25, 0.3) is 0 Å². The van der Waals surface area contributed by atoms with Crippen LogP contribution in [0.25, 0.3) is 0 Å². The van der Waals surface area contributed by atoms with Crippen molar-refractivity contribution in [3.8, 4) is 0 Å². The lowest BCUT2D eigenvalue weighted by Crippen LogP contribution is -2.46. The second kappa shape index (κ2) is 4.30. The Morgan fingerprint density at radius 3 is 1.80 bits per heavy atom. The number of hydrogen-bond donors (Lipinski definition) is 2. The molecule has 2 bridgehead atoms. The zero-order chi connectivity index (χ0) is 10.2. The van der Waals surface area contributed by atoms with Crippen LogP contribution in [0.4, 0.5) is 0 Å². The molecule has 0 atom stereocenters. The van der Waals surface area contributed by atoms with Gasteiger partial charge in [0.2, 0.25) is 0 Å². The van der Waals surface area contributed by atoms with E-state index in [4.69, 9.17) is 10.8 Å². The molecular formula is C11H20ClNO2. The van der Waals surface area contributed by atoms with E-state index in [-0.39, 0.29) is 17.8 Å². The molecule has 3 fully saturated rings. The summed E-state index contributed by atoms with van der Waals surface area (Å²) in [6.07, 6.45) is 7.06. The first kappa shape index (κ1) is 12.8. The van der Waals surface area contributed by atoms with Crippen molar-refractivity contribution in [2.24, 2.45) is 16.6 Å². The molecule has 3 N–H and O–H groups in total. The van der Waals surface area contributed by atoms with Crippen LogP contribution < -0.4 is 5.73 Å². The van der Waals surface area contributed by atoms with Gasteiger partial charge in [0.15, 0.2) is 0 Å². The number of carbonyl (C=O) groups is 1. The summed E-state index contributed by atoms with van der Waals surface area (Å²) in [6, 6.07) is 0. The van der Waals surface area contributed by atoms with Crippen molar-refractivity contribution in [3.63, 3.8) is 0 Å². The van der Waals surface area contributed by atoms with E-state index in [0.29, 0.717) is 11.8 Å². The van der Waals surface area contributed by atoms with Crippen molar-refractivity contribution in [2.75, 3.05) is 6.54 Å². The molecule has 15 heavy (non-hydrogen) atoms. The minimum atomic E-state index is -0.632. The molecule has 0 aromatic rings. The van der Waals surface area contributed by atoms with Crippen molar-refractivity contribution < 1.29 is 9.90 Å². The Morgan fingerprint density at radius 1 is 1.07 bits per heavy atom. The third-order valence-corrected chi connectivity index (χ3v) is 4.52. The van der Waals surface area contributed by atoms with Crippen molar-refractivity contribution in [1.82, 2.24) is 0 Å². The summed E-state index contributed by atoms with van der Waals surface area (Å²) in [4.78, 5) is 10.8. The first-order valence-corrected chi connectivity index (χ1v) is 5.52. The van der Waals surface area contributed by atoms with Crippen LogP contribution in [0.15, 0.2) is 0 Å². The zero-order valence-corrected chi connectivity index (χ0v) is 9.81. The van der Waals surface area contributed by atoms with E-state index in [1.807, 2.05) is 0 Å². The number of nitrogens with two attached hydrogens (primary N) is 1. The van der Waals surface area contributed by atoms with Crippen molar-refractivity contribution in [2.45, 2.75) is 44.9 Å². The quantitative estimate of drug-likeness (QED) is 0.786. The smallest absolute Gasteiger partial charge is 0.303 e. The van der Waals surface area contributed by atoms with Gasteiger partial charge in [-0.15, -0.1) is 12.4 Å². The van der Waals surface area contributed by atoms with Crippen molar-refractivity contribution >= 4 is 18.4 Å². The molecule has 0 amide bonds. The van der Waals surface area contributed by atoms with E-state index >= 15 is 0 Å². The van der Waals surface area contributed by atoms with Gasteiger partial charge in [-0.25, -0.2) is 0 Å². The third-order valence-electron chi connectivity index (χ3n) is 4.52. The molecule has 3 rings (SSSR count). The summed E-state index contributed by atoms with van der Waals surface area (Å²) in [5.41, 5.74) is 6.30. The molecule has 0 radical (unpaired) electrons. The summed E-state index contributed by atoms with van der Waals surface area (Å²) in [5, 5.41) is 8.88. The van der Waals surface area contributed by atoms with Crippen LogP contribution in [0, 0.1) is 10.8 Å². The molecule has 0 saturated heterocycles. The normalized spacial score (nSPS) is 38.5. The molecule has 3 aliphatic rings. The monoisotopic (exact) mass is 233 g/mol. The fourth-order valence-electron chi connectivity index (χ4n) is 3.23. The molecule has 4 heteroatoms. The molecule has 0 aromatic heterocycles. The standard InChI is InChI=1S/C11H19NO2.ClH/c12-8-11-4-1-10(2-5-11,3-6-11)7-9(13)14;/h1-8,12H2,(H,13,14);1H. The molecule has 0 unspecified atom stereocenters. The average molecular weight is 234 g/mol. The highest BCUT2D eigenvalue weighted by molar-refractivity contribution is 5.85. The Balaban J connectivity index is 0.00000112. The second-order valence-electron chi connectivity index (χ2n) is 5.27. The predicted molar refractivity (Wildman–Crippen MR) is 61.1 cm³/mol. The Bertz CT molecular complexity index is 230. The van der Waals surface area contributed by atoms with Gasteiger partial charge in [0, 0.05) is 0 Å². The van der Waals surface area contributed by atoms with E-state index in [9.17, 15) is 4.79 Å². The number of aliphatic carboxylic acids is 1. The SMILES string of the molecule is Cl.NCC12CCC(CC(=O)O)(CC1)CC2. The van der Waals surface area contributed by atoms with Crippen molar-refractivity contribution in [3.05, 3.63) is 0 Å². The lowest BCUT2D eigenvalue weighted by molar-refractivity contribution is -0.143. The molecule has 88 valence electrons. The number of halogens is 1. The Kier molecular flexibility index (Phi) is 3.67. The van der Waals surface area contributed by atoms with Gasteiger partial charge in [-0.2, -0.15) is 0 Å². The maximum Gasteiger partial charge on any atom is 0.303 e. The molecule has 3 nitrogen and oxygen atoms in total. The summed E-state index contributed by atoms with van der Waals surface area (Å²) in [6.45, 7) is 0.788. The van der Waals surface area contributed by atoms with Crippen LogP contribution in [0.5, 0.6) is 0 Å². The van der Waals surface area contributed by atoms with Gasteiger partial charge < -0.3 is 10.8 Å². The Morgan fingerprint density at radius 2 is 1.47 bits per heavy atom. The highest BCUT2D eigenvalue weighted by Gasteiger charge is 2.48. The zero-order valence-electron chi connectivity index (χ0n) is 9.00. The fourth-order valence-corrected chi connectivity index (χ4v) is 3.23. The maximum atomic E-state index is 10.8. The summed E-state index contributed by atoms with van der Waals surface area (Å²) < 4.78 is 0. The van der Waals surface area contributed by atoms with Gasteiger partial charge in [-0.05, 0) is 55.9 Å². The summed E-state index contributed by atoms with van der Waals surface area (Å²) >= 11 is 0. The molecule has 0 heterocycles. The molecule has 3 saturated carbocycles. The van der Waals surface area contributed by atoms with E-state index in [2.05, 4.69) is 0 Å². The Labute approximate surface area is 96.8 Å². The van der Waals surface area contributed by atoms with Crippen LogP contribution in [-0.2, 0) is 4.79 Å². The largest absolute Gasteiger partial charge is 0.481 e. The number of carboxylic acids is 1. The average Bonchev–Trinajstić information content (AvgIpc) is 2.19. The van der Waals surface area contributed by atoms with E-state index in [1.54, 1.807) is 0 Å².